The number of hydrogen-bond acceptors (Lipinski definition) is 3. The number of aryl methyl sites for hydroxylation is 1. The van der Waals surface area contributed by atoms with E-state index >= 15 is 0 Å². The number of rotatable bonds is 9. The minimum atomic E-state index is -0.00359. The lowest BCUT2D eigenvalue weighted by atomic mass is 10.00. The molecule has 6 nitrogen and oxygen atoms in total. The van der Waals surface area contributed by atoms with Gasteiger partial charge in [-0.15, -0.1) is 0 Å². The summed E-state index contributed by atoms with van der Waals surface area (Å²) in [6.45, 7) is 5.80. The standard InChI is InChI=1S/C25H34N4O2/c1-2-20-10-5-6-16-27(20)17-9-15-26-24(30)14-8-19-29-22-12-4-3-11-21(22)28-18-7-13-23(28)25(29)31/h3-4,7,11-13,18,20H,2,5-6,8-10,14-17,19H2,1H3,(H,26,30)/t20-/m0/s1. The molecular formula is C25H34N4O2. The van der Waals surface area contributed by atoms with E-state index in [9.17, 15) is 9.59 Å². The van der Waals surface area contributed by atoms with Crippen LogP contribution in [0.15, 0.2) is 47.4 Å². The second-order valence-corrected chi connectivity index (χ2v) is 8.61. The lowest BCUT2D eigenvalue weighted by Gasteiger charge is -2.35. The molecule has 1 atom stereocenters. The molecule has 2 aromatic heterocycles. The summed E-state index contributed by atoms with van der Waals surface area (Å²) in [5.41, 5.74) is 2.58. The van der Waals surface area contributed by atoms with Crippen molar-refractivity contribution in [2.45, 2.75) is 64.5 Å². The molecule has 0 unspecified atom stereocenters. The van der Waals surface area contributed by atoms with Crippen LogP contribution in [0.4, 0.5) is 0 Å². The third-order valence-electron chi connectivity index (χ3n) is 6.60. The number of para-hydroxylation sites is 2. The van der Waals surface area contributed by atoms with Crippen molar-refractivity contribution in [3.63, 3.8) is 0 Å². The summed E-state index contributed by atoms with van der Waals surface area (Å²) in [5.74, 6) is 0.0757. The Morgan fingerprint density at radius 1 is 1.03 bits per heavy atom. The van der Waals surface area contributed by atoms with Crippen molar-refractivity contribution in [1.29, 1.82) is 0 Å². The van der Waals surface area contributed by atoms with E-state index in [1.807, 2.05) is 47.0 Å². The van der Waals surface area contributed by atoms with Crippen LogP contribution in [0, 0.1) is 0 Å². The first-order valence-corrected chi connectivity index (χ1v) is 11.8. The molecule has 3 aromatic rings. The summed E-state index contributed by atoms with van der Waals surface area (Å²) in [5, 5.41) is 3.06. The van der Waals surface area contributed by atoms with Crippen molar-refractivity contribution in [3.8, 4) is 0 Å². The zero-order valence-corrected chi connectivity index (χ0v) is 18.6. The summed E-state index contributed by atoms with van der Waals surface area (Å²) < 4.78 is 3.74. The SMILES string of the molecule is CC[C@H]1CCCCN1CCCNC(=O)CCCn1c(=O)c2cccn2c2ccccc21. The summed E-state index contributed by atoms with van der Waals surface area (Å²) >= 11 is 0. The zero-order chi connectivity index (χ0) is 21.6. The molecule has 0 spiro atoms. The largest absolute Gasteiger partial charge is 0.356 e. The number of piperidine rings is 1. The van der Waals surface area contributed by atoms with Gasteiger partial charge in [-0.25, -0.2) is 0 Å². The molecule has 1 aromatic carbocycles. The fourth-order valence-corrected chi connectivity index (χ4v) is 4.94. The molecule has 31 heavy (non-hydrogen) atoms. The van der Waals surface area contributed by atoms with E-state index in [1.54, 1.807) is 4.57 Å². The van der Waals surface area contributed by atoms with Gasteiger partial charge in [-0.1, -0.05) is 25.5 Å². The molecule has 0 bridgehead atoms. The van der Waals surface area contributed by atoms with Crippen molar-refractivity contribution >= 4 is 22.5 Å². The van der Waals surface area contributed by atoms with Crippen LogP contribution in [0.3, 0.4) is 0 Å². The van der Waals surface area contributed by atoms with Crippen LogP contribution in [-0.4, -0.2) is 45.5 Å². The minimum Gasteiger partial charge on any atom is -0.356 e. The molecule has 1 amide bonds. The highest BCUT2D eigenvalue weighted by Gasteiger charge is 2.19. The number of nitrogens with one attached hydrogen (secondary N) is 1. The average Bonchev–Trinajstić information content (AvgIpc) is 3.30. The highest BCUT2D eigenvalue weighted by Crippen LogP contribution is 2.19. The number of carbonyl (C=O) groups is 1. The average molecular weight is 423 g/mol. The predicted octanol–water partition coefficient (Wildman–Crippen LogP) is 3.81. The highest BCUT2D eigenvalue weighted by atomic mass is 16.1. The lowest BCUT2D eigenvalue weighted by Crippen LogP contribution is -2.40. The normalized spacial score (nSPS) is 17.4. The fourth-order valence-electron chi connectivity index (χ4n) is 4.94. The number of likely N-dealkylation sites (tertiary alicyclic amines) is 1. The van der Waals surface area contributed by atoms with Crippen LogP contribution in [0.5, 0.6) is 0 Å². The van der Waals surface area contributed by atoms with Gasteiger partial charge in [0.1, 0.15) is 5.52 Å². The van der Waals surface area contributed by atoms with Crippen molar-refractivity contribution < 1.29 is 4.79 Å². The zero-order valence-electron chi connectivity index (χ0n) is 18.6. The maximum absolute atomic E-state index is 12.9. The highest BCUT2D eigenvalue weighted by molar-refractivity contribution is 5.79. The van der Waals surface area contributed by atoms with E-state index in [0.29, 0.717) is 24.9 Å². The monoisotopic (exact) mass is 422 g/mol. The van der Waals surface area contributed by atoms with Crippen molar-refractivity contribution in [1.82, 2.24) is 19.2 Å². The smallest absolute Gasteiger partial charge is 0.275 e. The number of nitrogens with zero attached hydrogens (tertiary/aromatic N) is 3. The quantitative estimate of drug-likeness (QED) is 0.534. The van der Waals surface area contributed by atoms with Gasteiger partial charge in [0.05, 0.1) is 11.0 Å². The van der Waals surface area contributed by atoms with Crippen molar-refractivity contribution in [2.24, 2.45) is 0 Å². The number of benzene rings is 1. The van der Waals surface area contributed by atoms with Gasteiger partial charge in [0.25, 0.3) is 5.56 Å². The van der Waals surface area contributed by atoms with Gasteiger partial charge < -0.3 is 19.2 Å². The van der Waals surface area contributed by atoms with Crippen LogP contribution >= 0.6 is 0 Å². The Kier molecular flexibility index (Phi) is 7.07. The van der Waals surface area contributed by atoms with Crippen LogP contribution < -0.4 is 10.9 Å². The van der Waals surface area contributed by atoms with Gasteiger partial charge in [-0.3, -0.25) is 9.59 Å². The number of amides is 1. The third kappa shape index (κ3) is 4.85. The van der Waals surface area contributed by atoms with Gasteiger partial charge in [0, 0.05) is 38.3 Å². The van der Waals surface area contributed by atoms with Crippen molar-refractivity contribution in [3.05, 3.63) is 52.9 Å². The third-order valence-corrected chi connectivity index (χ3v) is 6.60. The molecule has 0 aliphatic carbocycles. The second kappa shape index (κ2) is 10.1. The Hall–Kier alpha value is -2.60. The van der Waals surface area contributed by atoms with Gasteiger partial charge in [0.2, 0.25) is 5.91 Å². The fraction of sp³-hybridized carbons (Fsp3) is 0.520. The van der Waals surface area contributed by atoms with Gasteiger partial charge in [0.15, 0.2) is 0 Å². The second-order valence-electron chi connectivity index (χ2n) is 8.61. The first-order chi connectivity index (χ1) is 15.2. The molecule has 3 heterocycles. The molecule has 166 valence electrons. The maximum atomic E-state index is 12.9. The molecule has 1 N–H and O–H groups in total. The van der Waals surface area contributed by atoms with E-state index in [1.165, 1.54) is 32.2 Å². The van der Waals surface area contributed by atoms with Crippen LogP contribution in [0.25, 0.3) is 16.6 Å². The Balaban J connectivity index is 1.27. The first kappa shape index (κ1) is 21.6. The van der Waals surface area contributed by atoms with E-state index < -0.39 is 0 Å². The summed E-state index contributed by atoms with van der Waals surface area (Å²) in [6, 6.07) is 12.4. The molecule has 1 aliphatic rings. The number of aromatic nitrogens is 2. The van der Waals surface area contributed by atoms with E-state index in [0.717, 1.165) is 36.6 Å². The Morgan fingerprint density at radius 2 is 1.84 bits per heavy atom. The molecule has 0 radical (unpaired) electrons. The molecule has 4 rings (SSSR count). The summed E-state index contributed by atoms with van der Waals surface area (Å²) in [4.78, 5) is 27.8. The Bertz CT molecular complexity index is 1080. The Morgan fingerprint density at radius 3 is 2.68 bits per heavy atom. The Labute approximate surface area is 183 Å². The van der Waals surface area contributed by atoms with E-state index in [2.05, 4.69) is 17.1 Å². The molecular weight excluding hydrogens is 388 g/mol. The number of fused-ring (bicyclic) bond motifs is 3. The topological polar surface area (TPSA) is 58.8 Å². The van der Waals surface area contributed by atoms with Crippen LogP contribution in [0.2, 0.25) is 0 Å². The molecule has 1 saturated heterocycles. The van der Waals surface area contributed by atoms with Crippen LogP contribution in [-0.2, 0) is 11.3 Å². The minimum absolute atomic E-state index is 0.00359. The van der Waals surface area contributed by atoms with E-state index in [-0.39, 0.29) is 11.5 Å². The molecule has 1 fully saturated rings. The number of carbonyl (C=O) groups excluding carboxylic acids is 1. The van der Waals surface area contributed by atoms with Crippen molar-refractivity contribution in [2.75, 3.05) is 19.6 Å². The van der Waals surface area contributed by atoms with Crippen LogP contribution in [0.1, 0.15) is 51.9 Å². The number of hydrogen-bond donors (Lipinski definition) is 1. The molecule has 6 heteroatoms. The predicted molar refractivity (Wildman–Crippen MR) is 126 cm³/mol. The lowest BCUT2D eigenvalue weighted by molar-refractivity contribution is -0.121. The van der Waals surface area contributed by atoms with Gasteiger partial charge in [-0.2, -0.15) is 0 Å². The maximum Gasteiger partial charge on any atom is 0.275 e. The molecule has 1 aliphatic heterocycles. The van der Waals surface area contributed by atoms with Gasteiger partial charge >= 0.3 is 0 Å². The summed E-state index contributed by atoms with van der Waals surface area (Å²) in [6.07, 6.45) is 9.18. The van der Waals surface area contributed by atoms with Gasteiger partial charge in [-0.05, 0) is 62.9 Å². The van der Waals surface area contributed by atoms with E-state index in [4.69, 9.17) is 0 Å². The summed E-state index contributed by atoms with van der Waals surface area (Å²) in [7, 11) is 0. The first-order valence-electron chi connectivity index (χ1n) is 11.8. The molecule has 0 saturated carbocycles.